The van der Waals surface area contributed by atoms with Crippen LogP contribution < -0.4 is 5.73 Å². The summed E-state index contributed by atoms with van der Waals surface area (Å²) in [6.07, 6.45) is 3.63. The highest BCUT2D eigenvalue weighted by Crippen LogP contribution is 2.33. The smallest absolute Gasteiger partial charge is 0.410 e. The predicted molar refractivity (Wildman–Crippen MR) is 95.4 cm³/mol. The molecule has 126 valence electrons. The predicted octanol–water partition coefficient (Wildman–Crippen LogP) is 4.58. The maximum Gasteiger partial charge on any atom is 0.410 e. The Hall–Kier alpha value is -1.68. The summed E-state index contributed by atoms with van der Waals surface area (Å²) in [5.74, 6) is 0.343. The van der Waals surface area contributed by atoms with E-state index < -0.39 is 0 Å². The number of halogens is 1. The van der Waals surface area contributed by atoms with Crippen molar-refractivity contribution in [3.63, 3.8) is 0 Å². The second-order valence-corrected chi connectivity index (χ2v) is 6.38. The fourth-order valence-corrected chi connectivity index (χ4v) is 3.10. The van der Waals surface area contributed by atoms with Crippen LogP contribution in [0.4, 0.5) is 10.5 Å². The zero-order chi connectivity index (χ0) is 17.0. The number of hydrogen-bond acceptors (Lipinski definition) is 3. The van der Waals surface area contributed by atoms with Crippen LogP contribution in [0.25, 0.3) is 5.57 Å². The molecule has 0 aliphatic carbocycles. The Morgan fingerprint density at radius 2 is 2.22 bits per heavy atom. The third-order valence-electron chi connectivity index (χ3n) is 4.44. The molecule has 0 radical (unpaired) electrons. The monoisotopic (exact) mass is 336 g/mol. The molecule has 4 nitrogen and oxygen atoms in total. The Balaban J connectivity index is 2.36. The van der Waals surface area contributed by atoms with Gasteiger partial charge >= 0.3 is 6.09 Å². The molecular weight excluding hydrogens is 312 g/mol. The van der Waals surface area contributed by atoms with Gasteiger partial charge in [0.2, 0.25) is 0 Å². The Labute approximate surface area is 143 Å². The number of anilines is 1. The molecule has 1 amide bonds. The van der Waals surface area contributed by atoms with Gasteiger partial charge in [0.1, 0.15) is 0 Å². The molecule has 2 atom stereocenters. The van der Waals surface area contributed by atoms with Gasteiger partial charge in [-0.3, -0.25) is 0 Å². The van der Waals surface area contributed by atoms with Crippen molar-refractivity contribution >= 4 is 29.0 Å². The standard InChI is InChI=1S/C18H25ClN2O2/c1-4-12(3)17-10-13(8-9-21(17)18(22)23-5-2)15-11-14(19)6-7-16(15)20/h6-7,10-12,17H,4-5,8-9,20H2,1-3H3. The van der Waals surface area contributed by atoms with Crippen LogP contribution in [0.3, 0.4) is 0 Å². The normalized spacial score (nSPS) is 19.2. The van der Waals surface area contributed by atoms with Gasteiger partial charge in [0.25, 0.3) is 0 Å². The van der Waals surface area contributed by atoms with Crippen LogP contribution in [0.1, 0.15) is 39.2 Å². The molecule has 1 aliphatic heterocycles. The zero-order valence-electron chi connectivity index (χ0n) is 14.0. The summed E-state index contributed by atoms with van der Waals surface area (Å²) >= 11 is 6.12. The number of nitrogens with zero attached hydrogens (tertiary/aromatic N) is 1. The summed E-state index contributed by atoms with van der Waals surface area (Å²) in [5, 5.41) is 0.669. The van der Waals surface area contributed by atoms with Crippen LogP contribution in [0.15, 0.2) is 24.3 Å². The maximum atomic E-state index is 12.2. The van der Waals surface area contributed by atoms with Crippen molar-refractivity contribution in [1.29, 1.82) is 0 Å². The third-order valence-corrected chi connectivity index (χ3v) is 4.68. The molecule has 0 aromatic heterocycles. The molecule has 1 aromatic carbocycles. The van der Waals surface area contributed by atoms with E-state index in [1.54, 1.807) is 6.07 Å². The fraction of sp³-hybridized carbons (Fsp3) is 0.500. The number of hydrogen-bond donors (Lipinski definition) is 1. The number of carbonyl (C=O) groups excluding carboxylic acids is 1. The first-order chi connectivity index (χ1) is 11.0. The first-order valence-corrected chi connectivity index (χ1v) is 8.55. The van der Waals surface area contributed by atoms with Gasteiger partial charge in [-0.15, -0.1) is 0 Å². The first kappa shape index (κ1) is 17.7. The van der Waals surface area contributed by atoms with Crippen molar-refractivity contribution in [2.75, 3.05) is 18.9 Å². The van der Waals surface area contributed by atoms with E-state index in [9.17, 15) is 4.79 Å². The number of ether oxygens (including phenoxy) is 1. The topological polar surface area (TPSA) is 55.6 Å². The summed E-state index contributed by atoms with van der Waals surface area (Å²) in [4.78, 5) is 14.0. The molecule has 23 heavy (non-hydrogen) atoms. The van der Waals surface area contributed by atoms with Crippen LogP contribution >= 0.6 is 11.6 Å². The lowest BCUT2D eigenvalue weighted by Crippen LogP contribution is -2.45. The molecule has 0 saturated carbocycles. The molecule has 2 rings (SSSR count). The van der Waals surface area contributed by atoms with E-state index in [1.165, 1.54) is 0 Å². The fourth-order valence-electron chi connectivity index (χ4n) is 2.93. The summed E-state index contributed by atoms with van der Waals surface area (Å²) in [7, 11) is 0. The molecule has 0 spiro atoms. The largest absolute Gasteiger partial charge is 0.450 e. The molecule has 5 heteroatoms. The Bertz CT molecular complexity index is 601. The minimum absolute atomic E-state index is 0.0150. The highest BCUT2D eigenvalue weighted by molar-refractivity contribution is 6.30. The van der Waals surface area contributed by atoms with Gasteiger partial charge < -0.3 is 15.4 Å². The molecule has 2 unspecified atom stereocenters. The molecule has 2 N–H and O–H groups in total. The average Bonchev–Trinajstić information content (AvgIpc) is 2.56. The number of benzene rings is 1. The zero-order valence-corrected chi connectivity index (χ0v) is 14.8. The first-order valence-electron chi connectivity index (χ1n) is 8.17. The van der Waals surface area contributed by atoms with Crippen LogP contribution in [0, 0.1) is 5.92 Å². The SMILES string of the molecule is CCOC(=O)N1CCC(c2cc(Cl)ccc2N)=CC1C(C)CC. The molecule has 1 aromatic rings. The third kappa shape index (κ3) is 3.99. The number of amides is 1. The highest BCUT2D eigenvalue weighted by atomic mass is 35.5. The van der Waals surface area contributed by atoms with Crippen LogP contribution in [0.2, 0.25) is 5.02 Å². The quantitative estimate of drug-likeness (QED) is 0.818. The van der Waals surface area contributed by atoms with Gasteiger partial charge in [-0.2, -0.15) is 0 Å². The summed E-state index contributed by atoms with van der Waals surface area (Å²) in [6, 6.07) is 5.53. The van der Waals surface area contributed by atoms with E-state index >= 15 is 0 Å². The van der Waals surface area contributed by atoms with E-state index in [0.29, 0.717) is 29.8 Å². The van der Waals surface area contributed by atoms with Gasteiger partial charge in [0.15, 0.2) is 0 Å². The average molecular weight is 337 g/mol. The Morgan fingerprint density at radius 1 is 1.48 bits per heavy atom. The van der Waals surface area contributed by atoms with Crippen molar-refractivity contribution < 1.29 is 9.53 Å². The van der Waals surface area contributed by atoms with Gasteiger partial charge in [0.05, 0.1) is 12.6 Å². The molecule has 0 bridgehead atoms. The van der Waals surface area contributed by atoms with E-state index in [0.717, 1.165) is 24.0 Å². The lowest BCUT2D eigenvalue weighted by molar-refractivity contribution is 0.0866. The summed E-state index contributed by atoms with van der Waals surface area (Å²) in [6.45, 7) is 7.13. The number of rotatable bonds is 4. The summed E-state index contributed by atoms with van der Waals surface area (Å²) < 4.78 is 5.20. The maximum absolute atomic E-state index is 12.2. The second kappa shape index (κ2) is 7.73. The Morgan fingerprint density at radius 3 is 2.87 bits per heavy atom. The molecule has 1 aliphatic rings. The van der Waals surface area contributed by atoms with E-state index in [1.807, 2.05) is 24.0 Å². The molecule has 1 heterocycles. The van der Waals surface area contributed by atoms with Crippen LogP contribution in [0.5, 0.6) is 0 Å². The van der Waals surface area contributed by atoms with Crippen molar-refractivity contribution in [2.24, 2.45) is 5.92 Å². The van der Waals surface area contributed by atoms with E-state index in [4.69, 9.17) is 22.1 Å². The number of nitrogens with two attached hydrogens (primary N) is 1. The van der Waals surface area contributed by atoms with Gasteiger partial charge in [-0.1, -0.05) is 37.9 Å². The van der Waals surface area contributed by atoms with E-state index in [-0.39, 0.29) is 12.1 Å². The minimum Gasteiger partial charge on any atom is -0.450 e. The Kier molecular flexibility index (Phi) is 5.94. The van der Waals surface area contributed by atoms with E-state index in [2.05, 4.69) is 19.9 Å². The molecular formula is C18H25ClN2O2. The van der Waals surface area contributed by atoms with Crippen molar-refractivity contribution in [3.8, 4) is 0 Å². The van der Waals surface area contributed by atoms with Crippen LogP contribution in [-0.4, -0.2) is 30.2 Å². The number of carbonyl (C=O) groups is 1. The van der Waals surface area contributed by atoms with Gasteiger partial charge in [-0.25, -0.2) is 4.79 Å². The van der Waals surface area contributed by atoms with Crippen molar-refractivity contribution in [3.05, 3.63) is 34.9 Å². The van der Waals surface area contributed by atoms with Crippen molar-refractivity contribution in [1.82, 2.24) is 4.90 Å². The highest BCUT2D eigenvalue weighted by Gasteiger charge is 2.31. The van der Waals surface area contributed by atoms with Gasteiger partial charge in [-0.05, 0) is 43.0 Å². The van der Waals surface area contributed by atoms with Crippen molar-refractivity contribution in [2.45, 2.75) is 39.7 Å². The lowest BCUT2D eigenvalue weighted by atomic mass is 9.88. The summed E-state index contributed by atoms with van der Waals surface area (Å²) in [5.41, 5.74) is 8.94. The number of nitrogen functional groups attached to an aromatic ring is 1. The van der Waals surface area contributed by atoms with Crippen LogP contribution in [-0.2, 0) is 4.74 Å². The second-order valence-electron chi connectivity index (χ2n) is 5.94. The lowest BCUT2D eigenvalue weighted by Gasteiger charge is -2.37. The molecule has 0 saturated heterocycles. The minimum atomic E-state index is -0.243. The molecule has 0 fully saturated rings. The van der Waals surface area contributed by atoms with Gasteiger partial charge in [0, 0.05) is 22.8 Å².